The van der Waals surface area contributed by atoms with E-state index in [1.165, 1.54) is 17.4 Å². The Morgan fingerprint density at radius 1 is 1.23 bits per heavy atom. The van der Waals surface area contributed by atoms with Crippen LogP contribution in [0.1, 0.15) is 30.4 Å². The number of ether oxygens (including phenoxy) is 1. The van der Waals surface area contributed by atoms with Crippen LogP contribution in [-0.2, 0) is 6.54 Å². The van der Waals surface area contributed by atoms with Crippen molar-refractivity contribution in [3.63, 3.8) is 0 Å². The summed E-state index contributed by atoms with van der Waals surface area (Å²) in [6.07, 6.45) is 2.36. The maximum atomic E-state index is 13.4. The molecule has 0 spiro atoms. The summed E-state index contributed by atoms with van der Waals surface area (Å²) in [6.45, 7) is 6.40. The smallest absolute Gasteiger partial charge is 0.263 e. The Balaban J connectivity index is 1.77. The highest BCUT2D eigenvalue weighted by atomic mass is 35.5. The molecule has 0 bridgehead atoms. The molecule has 1 N–H and O–H groups in total. The Morgan fingerprint density at radius 3 is 2.74 bits per heavy atom. The monoisotopic (exact) mass is 455 g/mol. The zero-order chi connectivity index (χ0) is 22.1. The van der Waals surface area contributed by atoms with Gasteiger partial charge in [0, 0.05) is 33.9 Å². The largest absolute Gasteiger partial charge is 0.488 e. The predicted octanol–water partition coefficient (Wildman–Crippen LogP) is 4.92. The number of aryl methyl sites for hydroxylation is 2. The molecule has 0 saturated carbocycles. The summed E-state index contributed by atoms with van der Waals surface area (Å²) in [5.74, 6) is 0.867. The number of benzene rings is 1. The first-order valence-corrected chi connectivity index (χ1v) is 11.2. The fraction of sp³-hybridized carbons (Fsp3) is 0.261. The van der Waals surface area contributed by atoms with Crippen molar-refractivity contribution in [2.45, 2.75) is 33.7 Å². The van der Waals surface area contributed by atoms with E-state index in [1.54, 1.807) is 17.7 Å². The van der Waals surface area contributed by atoms with Gasteiger partial charge in [0.25, 0.3) is 5.56 Å². The van der Waals surface area contributed by atoms with Crippen LogP contribution in [0.25, 0.3) is 21.3 Å². The standard InChI is InChI=1S/C23H22ClN3O3S/c1-4-7-30-20-10-25-16(9-19(20)28)11-27-14(3)26-22-21(23(27)29)17(12-31-22)15-5-6-18(24)13(2)8-15/h5-6,8-10,12H,4,7,11H2,1-3H3,(H,25,28). The average molecular weight is 456 g/mol. The minimum atomic E-state index is -0.213. The zero-order valence-corrected chi connectivity index (χ0v) is 19.1. The van der Waals surface area contributed by atoms with Gasteiger partial charge in [-0.3, -0.25) is 14.2 Å². The highest BCUT2D eigenvalue weighted by Crippen LogP contribution is 2.32. The van der Waals surface area contributed by atoms with Crippen molar-refractivity contribution in [2.75, 3.05) is 6.61 Å². The van der Waals surface area contributed by atoms with E-state index in [0.717, 1.165) is 23.1 Å². The highest BCUT2D eigenvalue weighted by molar-refractivity contribution is 7.17. The number of pyridine rings is 1. The van der Waals surface area contributed by atoms with Crippen molar-refractivity contribution in [1.82, 2.24) is 14.5 Å². The molecule has 3 heterocycles. The minimum Gasteiger partial charge on any atom is -0.488 e. The first kappa shape index (κ1) is 21.3. The van der Waals surface area contributed by atoms with Crippen molar-refractivity contribution in [1.29, 1.82) is 0 Å². The van der Waals surface area contributed by atoms with Crippen LogP contribution in [-0.4, -0.2) is 21.1 Å². The molecular weight excluding hydrogens is 434 g/mol. The average Bonchev–Trinajstić information content (AvgIpc) is 3.16. The van der Waals surface area contributed by atoms with Crippen LogP contribution >= 0.6 is 22.9 Å². The molecule has 0 amide bonds. The van der Waals surface area contributed by atoms with E-state index >= 15 is 0 Å². The third-order valence-corrected chi connectivity index (χ3v) is 6.38. The van der Waals surface area contributed by atoms with Crippen LogP contribution < -0.4 is 15.7 Å². The molecule has 0 saturated heterocycles. The minimum absolute atomic E-state index is 0.140. The van der Waals surface area contributed by atoms with Gasteiger partial charge in [0.2, 0.25) is 5.43 Å². The number of thiophene rings is 1. The van der Waals surface area contributed by atoms with Crippen LogP contribution in [0.15, 0.2) is 45.4 Å². The number of hydrogen-bond donors (Lipinski definition) is 1. The van der Waals surface area contributed by atoms with Crippen LogP contribution in [0.4, 0.5) is 0 Å². The van der Waals surface area contributed by atoms with Gasteiger partial charge in [0.15, 0.2) is 5.75 Å². The molecule has 4 rings (SSSR count). The van der Waals surface area contributed by atoms with E-state index in [2.05, 4.69) is 9.97 Å². The van der Waals surface area contributed by atoms with Gasteiger partial charge in [0.1, 0.15) is 10.7 Å². The number of nitrogens with zero attached hydrogens (tertiary/aromatic N) is 2. The molecule has 0 aliphatic heterocycles. The topological polar surface area (TPSA) is 77.0 Å². The Hall–Kier alpha value is -2.90. The summed E-state index contributed by atoms with van der Waals surface area (Å²) in [6, 6.07) is 7.19. The molecular formula is C23H22ClN3O3S. The van der Waals surface area contributed by atoms with E-state index in [4.69, 9.17) is 16.3 Å². The van der Waals surface area contributed by atoms with Gasteiger partial charge in [-0.1, -0.05) is 24.6 Å². The molecule has 1 aromatic carbocycles. The Bertz CT molecular complexity index is 1390. The first-order chi connectivity index (χ1) is 14.9. The Kier molecular flexibility index (Phi) is 5.98. The number of rotatable bonds is 6. The molecule has 31 heavy (non-hydrogen) atoms. The normalized spacial score (nSPS) is 11.2. The predicted molar refractivity (Wildman–Crippen MR) is 126 cm³/mol. The maximum Gasteiger partial charge on any atom is 0.263 e. The number of aromatic amines is 1. The molecule has 3 aromatic heterocycles. The molecule has 4 aromatic rings. The number of H-pyrrole nitrogens is 1. The fourth-order valence-corrected chi connectivity index (χ4v) is 4.52. The van der Waals surface area contributed by atoms with Gasteiger partial charge >= 0.3 is 0 Å². The summed E-state index contributed by atoms with van der Waals surface area (Å²) >= 11 is 7.61. The van der Waals surface area contributed by atoms with E-state index < -0.39 is 0 Å². The SMILES string of the molecule is CCCOc1c[nH]c(Cn2c(C)nc3scc(-c4ccc(Cl)c(C)c4)c3c2=O)cc1=O. The van der Waals surface area contributed by atoms with Gasteiger partial charge in [-0.25, -0.2) is 4.98 Å². The molecule has 160 valence electrons. The maximum absolute atomic E-state index is 13.4. The number of fused-ring (bicyclic) bond motifs is 1. The van der Waals surface area contributed by atoms with Crippen LogP contribution in [0, 0.1) is 13.8 Å². The third-order valence-electron chi connectivity index (χ3n) is 5.08. The van der Waals surface area contributed by atoms with Crippen molar-refractivity contribution in [2.24, 2.45) is 0 Å². The number of aromatic nitrogens is 3. The Labute approximate surface area is 188 Å². The van der Waals surface area contributed by atoms with Gasteiger partial charge in [0.05, 0.1) is 18.5 Å². The van der Waals surface area contributed by atoms with Gasteiger partial charge in [-0.05, 0) is 43.5 Å². The van der Waals surface area contributed by atoms with Crippen molar-refractivity contribution in [3.8, 4) is 16.9 Å². The fourth-order valence-electron chi connectivity index (χ4n) is 3.42. The van der Waals surface area contributed by atoms with E-state index in [1.807, 2.05) is 37.4 Å². The summed E-state index contributed by atoms with van der Waals surface area (Å²) in [7, 11) is 0. The second-order valence-electron chi connectivity index (χ2n) is 7.38. The van der Waals surface area contributed by atoms with Crippen LogP contribution in [0.3, 0.4) is 0 Å². The second kappa shape index (κ2) is 8.69. The van der Waals surface area contributed by atoms with E-state index in [0.29, 0.717) is 33.4 Å². The number of hydrogen-bond acceptors (Lipinski definition) is 5. The quantitative estimate of drug-likeness (QED) is 0.447. The molecule has 0 radical (unpaired) electrons. The molecule has 0 fully saturated rings. The lowest BCUT2D eigenvalue weighted by atomic mass is 10.0. The van der Waals surface area contributed by atoms with Crippen molar-refractivity contribution < 1.29 is 4.74 Å². The summed E-state index contributed by atoms with van der Waals surface area (Å²) < 4.78 is 7.02. The zero-order valence-electron chi connectivity index (χ0n) is 17.5. The number of halogens is 1. The molecule has 0 unspecified atom stereocenters. The van der Waals surface area contributed by atoms with Crippen molar-refractivity contribution in [3.05, 3.63) is 78.5 Å². The van der Waals surface area contributed by atoms with E-state index in [-0.39, 0.29) is 23.3 Å². The van der Waals surface area contributed by atoms with Gasteiger partial charge < -0.3 is 9.72 Å². The lowest BCUT2D eigenvalue weighted by molar-refractivity contribution is 0.313. The lowest BCUT2D eigenvalue weighted by Crippen LogP contribution is -2.25. The molecule has 0 aliphatic carbocycles. The van der Waals surface area contributed by atoms with Crippen LogP contribution in [0.5, 0.6) is 5.75 Å². The molecule has 6 nitrogen and oxygen atoms in total. The van der Waals surface area contributed by atoms with E-state index in [9.17, 15) is 9.59 Å². The number of nitrogens with one attached hydrogen (secondary N) is 1. The highest BCUT2D eigenvalue weighted by Gasteiger charge is 2.16. The second-order valence-corrected chi connectivity index (χ2v) is 8.64. The van der Waals surface area contributed by atoms with Gasteiger partial charge in [-0.15, -0.1) is 11.3 Å². The van der Waals surface area contributed by atoms with Crippen LogP contribution in [0.2, 0.25) is 5.02 Å². The van der Waals surface area contributed by atoms with Crippen molar-refractivity contribution >= 4 is 33.2 Å². The summed E-state index contributed by atoms with van der Waals surface area (Å²) in [4.78, 5) is 34.2. The molecule has 8 heteroatoms. The first-order valence-electron chi connectivity index (χ1n) is 9.98. The van der Waals surface area contributed by atoms with Gasteiger partial charge in [-0.2, -0.15) is 0 Å². The third kappa shape index (κ3) is 4.16. The Morgan fingerprint density at radius 2 is 2.03 bits per heavy atom. The molecule has 0 aliphatic rings. The molecule has 0 atom stereocenters. The summed E-state index contributed by atoms with van der Waals surface area (Å²) in [5.41, 5.74) is 2.96. The lowest BCUT2D eigenvalue weighted by Gasteiger charge is -2.11. The summed E-state index contributed by atoms with van der Waals surface area (Å²) in [5, 5.41) is 3.21.